The van der Waals surface area contributed by atoms with Gasteiger partial charge >= 0.3 is 0 Å². The molecule has 0 aliphatic carbocycles. The van der Waals surface area contributed by atoms with Crippen LogP contribution in [0.2, 0.25) is 0 Å². The molecule has 2 nitrogen and oxygen atoms in total. The molecule has 3 heterocycles. The van der Waals surface area contributed by atoms with E-state index in [0.29, 0.717) is 0 Å². The highest BCUT2D eigenvalue weighted by Crippen LogP contribution is 2.37. The van der Waals surface area contributed by atoms with Crippen molar-refractivity contribution in [1.29, 1.82) is 0 Å². The van der Waals surface area contributed by atoms with Crippen LogP contribution in [-0.2, 0) is 0 Å². The molecule has 82 valence electrons. The second-order valence-electron chi connectivity index (χ2n) is 4.40. The maximum Gasteiger partial charge on any atom is 0.0768 e. The quantitative estimate of drug-likeness (QED) is 0.663. The minimum absolute atomic E-state index is 0.981. The van der Waals surface area contributed by atoms with E-state index in [4.69, 9.17) is 0 Å². The highest BCUT2D eigenvalue weighted by molar-refractivity contribution is 5.82. The SMILES string of the molecule is C1=CC2=C3c4ccccc4C=CN3C=CN2C1. The van der Waals surface area contributed by atoms with Crippen LogP contribution in [0.3, 0.4) is 0 Å². The molecule has 0 atom stereocenters. The van der Waals surface area contributed by atoms with Gasteiger partial charge in [-0.2, -0.15) is 0 Å². The van der Waals surface area contributed by atoms with Gasteiger partial charge in [-0.25, -0.2) is 0 Å². The van der Waals surface area contributed by atoms with Gasteiger partial charge in [-0.3, -0.25) is 0 Å². The largest absolute Gasteiger partial charge is 0.341 e. The Morgan fingerprint density at radius 1 is 0.941 bits per heavy atom. The van der Waals surface area contributed by atoms with E-state index in [-0.39, 0.29) is 0 Å². The normalized spacial score (nSPS) is 19.5. The lowest BCUT2D eigenvalue weighted by molar-refractivity contribution is 0.509. The number of fused-ring (bicyclic) bond motifs is 4. The Bertz CT molecular complexity index is 605. The van der Waals surface area contributed by atoms with E-state index in [1.807, 2.05) is 0 Å². The monoisotopic (exact) mass is 220 g/mol. The number of hydrogen-bond acceptors (Lipinski definition) is 2. The Morgan fingerprint density at radius 3 is 2.88 bits per heavy atom. The van der Waals surface area contributed by atoms with Gasteiger partial charge < -0.3 is 9.80 Å². The van der Waals surface area contributed by atoms with Crippen molar-refractivity contribution in [3.8, 4) is 0 Å². The van der Waals surface area contributed by atoms with Crippen LogP contribution >= 0.6 is 0 Å². The molecule has 0 amide bonds. The minimum Gasteiger partial charge on any atom is -0.341 e. The highest BCUT2D eigenvalue weighted by atomic mass is 15.2. The molecular weight excluding hydrogens is 208 g/mol. The number of nitrogens with zero attached hydrogens (tertiary/aromatic N) is 2. The maximum atomic E-state index is 2.28. The Kier molecular flexibility index (Phi) is 1.64. The summed E-state index contributed by atoms with van der Waals surface area (Å²) in [6.07, 6.45) is 13.0. The zero-order chi connectivity index (χ0) is 11.2. The van der Waals surface area contributed by atoms with Gasteiger partial charge in [0.25, 0.3) is 0 Å². The van der Waals surface area contributed by atoms with Gasteiger partial charge in [-0.1, -0.05) is 30.3 Å². The fourth-order valence-corrected chi connectivity index (χ4v) is 2.61. The lowest BCUT2D eigenvalue weighted by Gasteiger charge is -2.33. The molecule has 1 aromatic carbocycles. The second kappa shape index (κ2) is 3.14. The van der Waals surface area contributed by atoms with E-state index >= 15 is 0 Å². The Labute approximate surface area is 100 Å². The zero-order valence-corrected chi connectivity index (χ0v) is 9.38. The summed E-state index contributed by atoms with van der Waals surface area (Å²) in [7, 11) is 0. The molecule has 0 radical (unpaired) electrons. The average molecular weight is 220 g/mol. The first kappa shape index (κ1) is 8.88. The predicted octanol–water partition coefficient (Wildman–Crippen LogP) is 3.00. The molecule has 1 aromatic rings. The van der Waals surface area contributed by atoms with Crippen molar-refractivity contribution in [1.82, 2.24) is 9.80 Å². The Morgan fingerprint density at radius 2 is 1.88 bits per heavy atom. The molecule has 0 saturated carbocycles. The number of rotatable bonds is 0. The van der Waals surface area contributed by atoms with Crippen LogP contribution in [-0.4, -0.2) is 16.3 Å². The number of allylic oxidation sites excluding steroid dienone is 1. The third kappa shape index (κ3) is 1.15. The molecule has 0 spiro atoms. The van der Waals surface area contributed by atoms with Gasteiger partial charge in [0.1, 0.15) is 0 Å². The third-order valence-electron chi connectivity index (χ3n) is 3.43. The van der Waals surface area contributed by atoms with Crippen LogP contribution in [0.5, 0.6) is 0 Å². The van der Waals surface area contributed by atoms with Crippen LogP contribution in [0.4, 0.5) is 0 Å². The molecule has 3 aliphatic rings. The average Bonchev–Trinajstić information content (AvgIpc) is 2.86. The summed E-state index contributed by atoms with van der Waals surface area (Å²) < 4.78 is 0. The first-order valence-corrected chi connectivity index (χ1v) is 5.85. The summed E-state index contributed by atoms with van der Waals surface area (Å²) in [5.41, 5.74) is 5.19. The minimum atomic E-state index is 0.981. The summed E-state index contributed by atoms with van der Waals surface area (Å²) in [4.78, 5) is 4.48. The van der Waals surface area contributed by atoms with Crippen molar-refractivity contribution in [2.75, 3.05) is 6.54 Å². The smallest absolute Gasteiger partial charge is 0.0768 e. The number of benzene rings is 1. The first-order valence-electron chi connectivity index (χ1n) is 5.85. The van der Waals surface area contributed by atoms with Crippen molar-refractivity contribution in [3.05, 3.63) is 71.8 Å². The van der Waals surface area contributed by atoms with Crippen molar-refractivity contribution in [2.24, 2.45) is 0 Å². The van der Waals surface area contributed by atoms with E-state index in [1.165, 1.54) is 22.5 Å². The summed E-state index contributed by atoms with van der Waals surface area (Å²) >= 11 is 0. The lowest BCUT2D eigenvalue weighted by atomic mass is 9.98. The summed E-state index contributed by atoms with van der Waals surface area (Å²) in [6, 6.07) is 8.55. The molecule has 2 heteroatoms. The van der Waals surface area contributed by atoms with E-state index in [9.17, 15) is 0 Å². The topological polar surface area (TPSA) is 6.48 Å². The van der Waals surface area contributed by atoms with Crippen molar-refractivity contribution in [3.63, 3.8) is 0 Å². The Balaban J connectivity index is 2.01. The van der Waals surface area contributed by atoms with E-state index in [2.05, 4.69) is 70.9 Å². The van der Waals surface area contributed by atoms with Gasteiger partial charge in [0, 0.05) is 30.7 Å². The van der Waals surface area contributed by atoms with Gasteiger partial charge in [-0.05, 0) is 17.7 Å². The molecule has 4 rings (SSSR count). The third-order valence-corrected chi connectivity index (χ3v) is 3.43. The van der Waals surface area contributed by atoms with Crippen molar-refractivity contribution in [2.45, 2.75) is 0 Å². The zero-order valence-electron chi connectivity index (χ0n) is 9.38. The standard InChI is InChI=1S/C15H12N2/c1-2-5-13-12(4-1)7-9-17-11-10-16-8-3-6-14(16)15(13)17/h1-7,9-11H,8H2. The van der Waals surface area contributed by atoms with E-state index in [0.717, 1.165) is 6.54 Å². The molecule has 0 saturated heterocycles. The van der Waals surface area contributed by atoms with Crippen LogP contribution in [0.1, 0.15) is 11.1 Å². The van der Waals surface area contributed by atoms with Crippen LogP contribution in [0, 0.1) is 0 Å². The van der Waals surface area contributed by atoms with Crippen LogP contribution in [0.25, 0.3) is 11.8 Å². The molecule has 0 bridgehead atoms. The first-order chi connectivity index (χ1) is 8.43. The molecule has 17 heavy (non-hydrogen) atoms. The molecule has 0 N–H and O–H groups in total. The van der Waals surface area contributed by atoms with E-state index < -0.39 is 0 Å². The molecule has 3 aliphatic heterocycles. The fraction of sp³-hybridized carbons (Fsp3) is 0.0667. The predicted molar refractivity (Wildman–Crippen MR) is 69.2 cm³/mol. The number of hydrogen-bond donors (Lipinski definition) is 0. The molecule has 0 unspecified atom stereocenters. The molecule has 0 fully saturated rings. The highest BCUT2D eigenvalue weighted by Gasteiger charge is 2.25. The van der Waals surface area contributed by atoms with Gasteiger partial charge in [0.2, 0.25) is 0 Å². The Hall–Kier alpha value is -2.22. The van der Waals surface area contributed by atoms with Crippen LogP contribution < -0.4 is 0 Å². The molecular formula is C15H12N2. The van der Waals surface area contributed by atoms with Crippen LogP contribution in [0.15, 0.2) is 60.7 Å². The summed E-state index contributed by atoms with van der Waals surface area (Å²) in [5, 5.41) is 0. The maximum absolute atomic E-state index is 2.28. The molecule has 0 aromatic heterocycles. The van der Waals surface area contributed by atoms with Gasteiger partial charge in [0.15, 0.2) is 0 Å². The second-order valence-corrected chi connectivity index (χ2v) is 4.40. The van der Waals surface area contributed by atoms with Gasteiger partial charge in [-0.15, -0.1) is 0 Å². The van der Waals surface area contributed by atoms with E-state index in [1.54, 1.807) is 0 Å². The van der Waals surface area contributed by atoms with Crippen molar-refractivity contribution >= 4 is 11.8 Å². The summed E-state index contributed by atoms with van der Waals surface area (Å²) in [6.45, 7) is 0.981. The van der Waals surface area contributed by atoms with Crippen molar-refractivity contribution < 1.29 is 0 Å². The fourth-order valence-electron chi connectivity index (χ4n) is 2.61. The lowest BCUT2D eigenvalue weighted by Crippen LogP contribution is -2.25. The summed E-state index contributed by atoms with van der Waals surface area (Å²) in [5.74, 6) is 0. The van der Waals surface area contributed by atoms with Gasteiger partial charge in [0.05, 0.1) is 11.4 Å².